The molecule has 1 nitrogen and oxygen atoms in total. The van der Waals surface area contributed by atoms with Gasteiger partial charge in [-0.1, -0.05) is 30.8 Å². The number of fused-ring (bicyclic) bond motifs is 1. The van der Waals surface area contributed by atoms with Crippen molar-refractivity contribution in [2.24, 2.45) is 0 Å². The Kier molecular flexibility index (Phi) is 2.49. The molecule has 0 amide bonds. The van der Waals surface area contributed by atoms with E-state index < -0.39 is 0 Å². The number of halogens is 1. The smallest absolute Gasteiger partial charge is 0.131 e. The molecule has 0 fully saturated rings. The number of aromatic amines is 1. The fraction of sp³-hybridized carbons (Fsp3) is 0. The summed E-state index contributed by atoms with van der Waals surface area (Å²) in [6.07, 6.45) is 1.89. The summed E-state index contributed by atoms with van der Waals surface area (Å²) in [5, 5.41) is 1.10. The number of rotatable bonds is 2. The number of nitrogens with one attached hydrogen (secondary N) is 1. The maximum atomic E-state index is 13.7. The van der Waals surface area contributed by atoms with Gasteiger partial charge in [-0.05, 0) is 40.8 Å². The minimum Gasteiger partial charge on any atom is -0.361 e. The lowest BCUT2D eigenvalue weighted by atomic mass is 9.98. The van der Waals surface area contributed by atoms with E-state index in [0.717, 1.165) is 16.5 Å². The number of hydrogen-bond acceptors (Lipinski definition) is 0. The van der Waals surface area contributed by atoms with Crippen LogP contribution in [-0.2, 0) is 0 Å². The zero-order valence-corrected chi connectivity index (χ0v) is 9.78. The molecule has 0 bridgehead atoms. The molecule has 3 aromatic rings. The van der Waals surface area contributed by atoms with E-state index >= 15 is 0 Å². The van der Waals surface area contributed by atoms with E-state index in [1.807, 2.05) is 36.5 Å². The molecule has 0 aliphatic heterocycles. The maximum absolute atomic E-state index is 13.7. The Hall–Kier alpha value is -2.35. The van der Waals surface area contributed by atoms with Crippen LogP contribution in [0.5, 0.6) is 0 Å². The van der Waals surface area contributed by atoms with Gasteiger partial charge in [0.2, 0.25) is 0 Å². The first-order valence-electron chi connectivity index (χ1n) is 5.77. The highest BCUT2D eigenvalue weighted by atomic mass is 19.1. The van der Waals surface area contributed by atoms with Crippen LogP contribution in [0.1, 0.15) is 11.1 Å². The summed E-state index contributed by atoms with van der Waals surface area (Å²) in [4.78, 5) is 3.13. The Labute approximate surface area is 105 Å². The first kappa shape index (κ1) is 10.8. The van der Waals surface area contributed by atoms with Crippen molar-refractivity contribution in [2.75, 3.05) is 0 Å². The van der Waals surface area contributed by atoms with Crippen molar-refractivity contribution in [3.8, 4) is 0 Å². The van der Waals surface area contributed by atoms with Crippen molar-refractivity contribution in [1.29, 1.82) is 0 Å². The molecule has 1 heterocycles. The summed E-state index contributed by atoms with van der Waals surface area (Å²) in [5.41, 5.74) is 3.26. The second-order valence-corrected chi connectivity index (χ2v) is 4.24. The van der Waals surface area contributed by atoms with Crippen molar-refractivity contribution < 1.29 is 4.39 Å². The molecule has 88 valence electrons. The summed E-state index contributed by atoms with van der Waals surface area (Å²) in [7, 11) is 0. The molecule has 0 unspecified atom stereocenters. The topological polar surface area (TPSA) is 15.8 Å². The minimum absolute atomic E-state index is 0.239. The lowest BCUT2D eigenvalue weighted by Gasteiger charge is -2.07. The van der Waals surface area contributed by atoms with Crippen LogP contribution >= 0.6 is 0 Å². The van der Waals surface area contributed by atoms with Gasteiger partial charge in [0.05, 0.1) is 0 Å². The van der Waals surface area contributed by atoms with Crippen molar-refractivity contribution in [1.82, 2.24) is 4.98 Å². The summed E-state index contributed by atoms with van der Waals surface area (Å²) in [6, 6.07) is 14.6. The Morgan fingerprint density at radius 3 is 2.72 bits per heavy atom. The third-order valence-electron chi connectivity index (χ3n) is 3.10. The van der Waals surface area contributed by atoms with Crippen LogP contribution in [0.4, 0.5) is 4.39 Å². The maximum Gasteiger partial charge on any atom is 0.131 e. The predicted molar refractivity (Wildman–Crippen MR) is 72.8 cm³/mol. The Morgan fingerprint density at radius 1 is 1.06 bits per heavy atom. The standard InChI is InChI=1S/C16H12FN/c1-11(14-4-2-3-5-15(14)17)12-6-7-16-13(10-12)8-9-18-16/h2-10,18H,1H2. The molecule has 2 heteroatoms. The third kappa shape index (κ3) is 1.72. The van der Waals surface area contributed by atoms with Crippen LogP contribution in [-0.4, -0.2) is 4.98 Å². The molecular weight excluding hydrogens is 225 g/mol. The summed E-state index contributed by atoms with van der Waals surface area (Å²) < 4.78 is 13.7. The van der Waals surface area contributed by atoms with Gasteiger partial charge in [-0.3, -0.25) is 0 Å². The third-order valence-corrected chi connectivity index (χ3v) is 3.10. The first-order chi connectivity index (χ1) is 8.75. The number of H-pyrrole nitrogens is 1. The van der Waals surface area contributed by atoms with Crippen molar-refractivity contribution in [3.63, 3.8) is 0 Å². The van der Waals surface area contributed by atoms with Gasteiger partial charge in [0.1, 0.15) is 5.82 Å². The van der Waals surface area contributed by atoms with Crippen molar-refractivity contribution in [2.45, 2.75) is 0 Å². The molecule has 0 radical (unpaired) electrons. The largest absolute Gasteiger partial charge is 0.361 e. The van der Waals surface area contributed by atoms with Gasteiger partial charge in [0.15, 0.2) is 0 Å². The highest BCUT2D eigenvalue weighted by Gasteiger charge is 2.08. The van der Waals surface area contributed by atoms with E-state index in [1.165, 1.54) is 6.07 Å². The van der Waals surface area contributed by atoms with Crippen molar-refractivity contribution in [3.05, 3.63) is 78.3 Å². The van der Waals surface area contributed by atoms with Crippen LogP contribution in [0.2, 0.25) is 0 Å². The van der Waals surface area contributed by atoms with Gasteiger partial charge in [-0.25, -0.2) is 4.39 Å². The molecule has 2 aromatic carbocycles. The van der Waals surface area contributed by atoms with Crippen LogP contribution in [0.25, 0.3) is 16.5 Å². The summed E-state index contributed by atoms with van der Waals surface area (Å²) in [5.74, 6) is -0.239. The van der Waals surface area contributed by atoms with E-state index in [0.29, 0.717) is 11.1 Å². The fourth-order valence-corrected chi connectivity index (χ4v) is 2.10. The molecule has 18 heavy (non-hydrogen) atoms. The van der Waals surface area contributed by atoms with Crippen molar-refractivity contribution >= 4 is 16.5 Å². The monoisotopic (exact) mass is 237 g/mol. The average Bonchev–Trinajstić information content (AvgIpc) is 2.85. The Morgan fingerprint density at radius 2 is 1.89 bits per heavy atom. The Bertz CT molecular complexity index is 725. The second-order valence-electron chi connectivity index (χ2n) is 4.24. The molecule has 0 saturated heterocycles. The molecule has 0 aliphatic rings. The highest BCUT2D eigenvalue weighted by Crippen LogP contribution is 2.26. The van der Waals surface area contributed by atoms with E-state index in [9.17, 15) is 4.39 Å². The van der Waals surface area contributed by atoms with Crippen LogP contribution < -0.4 is 0 Å². The van der Waals surface area contributed by atoms with E-state index in [1.54, 1.807) is 12.1 Å². The molecule has 3 rings (SSSR count). The molecule has 0 atom stereocenters. The molecule has 0 saturated carbocycles. The normalized spacial score (nSPS) is 10.7. The van der Waals surface area contributed by atoms with Gasteiger partial charge in [0.25, 0.3) is 0 Å². The average molecular weight is 237 g/mol. The van der Waals surface area contributed by atoms with Gasteiger partial charge >= 0.3 is 0 Å². The molecule has 1 N–H and O–H groups in total. The molecule has 0 aliphatic carbocycles. The number of hydrogen-bond donors (Lipinski definition) is 1. The number of benzene rings is 2. The van der Waals surface area contributed by atoms with Gasteiger partial charge < -0.3 is 4.98 Å². The Balaban J connectivity index is 2.09. The molecule has 0 spiro atoms. The number of aromatic nitrogens is 1. The molecule has 1 aromatic heterocycles. The van der Waals surface area contributed by atoms with Gasteiger partial charge in [-0.15, -0.1) is 0 Å². The first-order valence-corrected chi connectivity index (χ1v) is 5.77. The van der Waals surface area contributed by atoms with Crippen LogP contribution in [0, 0.1) is 5.82 Å². The predicted octanol–water partition coefficient (Wildman–Crippen LogP) is 4.37. The van der Waals surface area contributed by atoms with Crippen LogP contribution in [0.15, 0.2) is 61.3 Å². The SMILES string of the molecule is C=C(c1ccc2[nH]ccc2c1)c1ccccc1F. The highest BCUT2D eigenvalue weighted by molar-refractivity contribution is 5.87. The lowest BCUT2D eigenvalue weighted by Crippen LogP contribution is -1.90. The second kappa shape index (κ2) is 4.15. The zero-order valence-electron chi connectivity index (χ0n) is 9.78. The van der Waals surface area contributed by atoms with E-state index in [-0.39, 0.29) is 5.82 Å². The van der Waals surface area contributed by atoms with E-state index in [2.05, 4.69) is 11.6 Å². The zero-order chi connectivity index (χ0) is 12.5. The summed E-state index contributed by atoms with van der Waals surface area (Å²) in [6.45, 7) is 4.00. The van der Waals surface area contributed by atoms with E-state index in [4.69, 9.17) is 0 Å². The minimum atomic E-state index is -0.239. The lowest BCUT2D eigenvalue weighted by molar-refractivity contribution is 0.624. The van der Waals surface area contributed by atoms with Gasteiger partial charge in [-0.2, -0.15) is 0 Å². The van der Waals surface area contributed by atoms with Gasteiger partial charge in [0, 0.05) is 17.3 Å². The quantitative estimate of drug-likeness (QED) is 0.681. The van der Waals surface area contributed by atoms with Crippen LogP contribution in [0.3, 0.4) is 0 Å². The molecular formula is C16H12FN. The fourth-order valence-electron chi connectivity index (χ4n) is 2.10. The summed E-state index contributed by atoms with van der Waals surface area (Å²) >= 11 is 0.